The van der Waals surface area contributed by atoms with E-state index >= 15 is 0 Å². The second-order valence-electron chi connectivity index (χ2n) is 12.1. The number of hydrogen-bond donors (Lipinski definition) is 1. The van der Waals surface area contributed by atoms with Crippen molar-refractivity contribution in [3.63, 3.8) is 0 Å². The van der Waals surface area contributed by atoms with Crippen molar-refractivity contribution < 1.29 is 33.6 Å². The Kier molecular flexibility index (Phi) is 11.9. The Hall–Kier alpha value is -4.60. The van der Waals surface area contributed by atoms with E-state index in [-0.39, 0.29) is 48.3 Å². The van der Waals surface area contributed by atoms with Gasteiger partial charge in [-0.05, 0) is 40.0 Å². The zero-order chi connectivity index (χ0) is 34.8. The molecule has 5 aromatic rings. The van der Waals surface area contributed by atoms with Crippen molar-refractivity contribution in [3.8, 4) is 5.75 Å². The van der Waals surface area contributed by atoms with Gasteiger partial charge in [0.15, 0.2) is 6.29 Å². The van der Waals surface area contributed by atoms with Gasteiger partial charge in [-0.1, -0.05) is 140 Å². The summed E-state index contributed by atoms with van der Waals surface area (Å²) in [5.74, 6) is -1.99. The average molecular weight is 691 g/mol. The van der Waals surface area contributed by atoms with Crippen LogP contribution in [0.4, 0.5) is 0 Å². The topological polar surface area (TPSA) is 83.5 Å². The molecule has 0 amide bonds. The highest BCUT2D eigenvalue weighted by atomic mass is 35.5. The van der Waals surface area contributed by atoms with Gasteiger partial charge in [0, 0.05) is 5.56 Å². The minimum atomic E-state index is -2.22. The molecule has 1 aliphatic rings. The molecule has 6 rings (SSSR count). The number of rotatable bonds is 15. The molecule has 0 spiro atoms. The molecule has 1 N–H and O–H groups in total. The van der Waals surface area contributed by atoms with E-state index in [2.05, 4.69) is 6.58 Å². The zero-order valence-electron chi connectivity index (χ0n) is 27.5. The summed E-state index contributed by atoms with van der Waals surface area (Å²) in [6, 6.07) is 41.7. The van der Waals surface area contributed by atoms with E-state index in [1.807, 2.05) is 121 Å². The number of ether oxygens (including phenoxy) is 5. The molecule has 0 aliphatic carbocycles. The van der Waals surface area contributed by atoms with Gasteiger partial charge in [0.2, 0.25) is 5.79 Å². The van der Waals surface area contributed by atoms with E-state index in [4.69, 9.17) is 35.3 Å². The minimum absolute atomic E-state index is 0.0565. The number of halogens is 1. The summed E-state index contributed by atoms with van der Waals surface area (Å²) in [4.78, 5) is 12.2. The van der Waals surface area contributed by atoms with Crippen LogP contribution in [0, 0.1) is 0 Å². The maximum atomic E-state index is 13.0. The van der Waals surface area contributed by atoms with Crippen LogP contribution < -0.4 is 4.74 Å². The Morgan fingerprint density at radius 2 is 1.22 bits per heavy atom. The lowest BCUT2D eigenvalue weighted by atomic mass is 9.85. The SMILES string of the molecule is C=C1[C@@H](COCc2ccccc2)OC(O)(c2cc(C=O)c(Cl)cc2OCc2ccccc2)[C@H](OCc2ccccc2)[C@H]1OCc1ccccc1. The van der Waals surface area contributed by atoms with E-state index in [9.17, 15) is 9.90 Å². The van der Waals surface area contributed by atoms with E-state index in [1.165, 1.54) is 12.1 Å². The summed E-state index contributed by atoms with van der Waals surface area (Å²) in [7, 11) is 0. The smallest absolute Gasteiger partial charge is 0.226 e. The molecule has 256 valence electrons. The monoisotopic (exact) mass is 690 g/mol. The summed E-state index contributed by atoms with van der Waals surface area (Å²) in [5, 5.41) is 13.1. The van der Waals surface area contributed by atoms with Crippen LogP contribution in [0.5, 0.6) is 5.75 Å². The molecular weight excluding hydrogens is 652 g/mol. The molecule has 1 saturated heterocycles. The Balaban J connectivity index is 1.41. The highest BCUT2D eigenvalue weighted by Crippen LogP contribution is 2.46. The van der Waals surface area contributed by atoms with Crippen LogP contribution in [-0.4, -0.2) is 36.3 Å². The third-order valence-electron chi connectivity index (χ3n) is 8.54. The largest absolute Gasteiger partial charge is 0.488 e. The predicted octanol–water partition coefficient (Wildman–Crippen LogP) is 8.22. The molecule has 1 fully saturated rings. The minimum Gasteiger partial charge on any atom is -0.488 e. The molecular formula is C42H39ClO7. The number of benzene rings is 5. The maximum absolute atomic E-state index is 13.0. The molecule has 1 aliphatic heterocycles. The third-order valence-corrected chi connectivity index (χ3v) is 8.86. The van der Waals surface area contributed by atoms with Crippen LogP contribution in [0.15, 0.2) is 146 Å². The summed E-state index contributed by atoms with van der Waals surface area (Å²) < 4.78 is 32.2. The summed E-state index contributed by atoms with van der Waals surface area (Å²) in [5.41, 5.74) is 4.52. The van der Waals surface area contributed by atoms with Crippen LogP contribution in [0.25, 0.3) is 0 Å². The summed E-state index contributed by atoms with van der Waals surface area (Å²) in [6.07, 6.45) is -2.25. The van der Waals surface area contributed by atoms with Crippen molar-refractivity contribution in [2.24, 2.45) is 0 Å². The van der Waals surface area contributed by atoms with Crippen LogP contribution >= 0.6 is 11.6 Å². The average Bonchev–Trinajstić information content (AvgIpc) is 3.16. The van der Waals surface area contributed by atoms with Gasteiger partial charge in [-0.15, -0.1) is 0 Å². The fraction of sp³-hybridized carbons (Fsp3) is 0.214. The molecule has 1 heterocycles. The standard InChI is InChI=1S/C42H39ClO7/c1-30-39(29-46-25-31-14-6-2-7-15-31)50-42(45,36-22-35(24-44)37(43)23-38(36)47-26-32-16-8-3-9-17-32)41(49-28-34-20-12-5-13-21-34)40(30)48-27-33-18-10-4-11-19-33/h2-24,39-41,45H,1,25-29H2/t39-,40+,41-,42?/m1/s1. The fourth-order valence-corrected chi connectivity index (χ4v) is 6.07. The maximum Gasteiger partial charge on any atom is 0.226 e. The van der Waals surface area contributed by atoms with E-state index in [0.717, 1.165) is 22.3 Å². The Morgan fingerprint density at radius 1 is 0.720 bits per heavy atom. The van der Waals surface area contributed by atoms with Gasteiger partial charge in [-0.2, -0.15) is 0 Å². The first-order valence-electron chi connectivity index (χ1n) is 16.4. The molecule has 4 atom stereocenters. The van der Waals surface area contributed by atoms with Gasteiger partial charge in [0.25, 0.3) is 0 Å². The number of aldehydes is 1. The van der Waals surface area contributed by atoms with E-state index < -0.39 is 24.1 Å². The van der Waals surface area contributed by atoms with Gasteiger partial charge in [-0.25, -0.2) is 0 Å². The van der Waals surface area contributed by atoms with Gasteiger partial charge in [-0.3, -0.25) is 4.79 Å². The van der Waals surface area contributed by atoms with Gasteiger partial charge < -0.3 is 28.8 Å². The third kappa shape index (κ3) is 8.57. The molecule has 5 aromatic carbocycles. The lowest BCUT2D eigenvalue weighted by molar-refractivity contribution is -0.335. The molecule has 1 unspecified atom stereocenters. The number of hydrogen-bond acceptors (Lipinski definition) is 7. The summed E-state index contributed by atoms with van der Waals surface area (Å²) >= 11 is 6.55. The van der Waals surface area contributed by atoms with Gasteiger partial charge >= 0.3 is 0 Å². The molecule has 0 bridgehead atoms. The van der Waals surface area contributed by atoms with Crippen LogP contribution in [0.3, 0.4) is 0 Å². The molecule has 0 aromatic heterocycles. The van der Waals surface area contributed by atoms with Crippen LogP contribution in [0.1, 0.15) is 38.2 Å². The van der Waals surface area contributed by atoms with Gasteiger partial charge in [0.05, 0.1) is 37.0 Å². The molecule has 0 radical (unpaired) electrons. The number of aliphatic hydroxyl groups is 1. The highest BCUT2D eigenvalue weighted by Gasteiger charge is 2.55. The second kappa shape index (κ2) is 16.9. The van der Waals surface area contributed by atoms with Crippen molar-refractivity contribution in [3.05, 3.63) is 184 Å². The lowest BCUT2D eigenvalue weighted by Gasteiger charge is -2.48. The van der Waals surface area contributed by atoms with Crippen molar-refractivity contribution in [2.45, 2.75) is 50.5 Å². The Bertz CT molecular complexity index is 1840. The van der Waals surface area contributed by atoms with Crippen molar-refractivity contribution in [1.29, 1.82) is 0 Å². The lowest BCUT2D eigenvalue weighted by Crippen LogP contribution is -2.59. The first kappa shape index (κ1) is 35.2. The quantitative estimate of drug-likeness (QED) is 0.0876. The second-order valence-corrected chi connectivity index (χ2v) is 12.5. The molecule has 8 heteroatoms. The Labute approximate surface area is 297 Å². The number of carbonyl (C=O) groups excluding carboxylic acids is 1. The fourth-order valence-electron chi connectivity index (χ4n) is 5.87. The molecule has 7 nitrogen and oxygen atoms in total. The molecule has 0 saturated carbocycles. The van der Waals surface area contributed by atoms with E-state index in [0.29, 0.717) is 18.5 Å². The number of carbonyl (C=O) groups is 1. The highest BCUT2D eigenvalue weighted by molar-refractivity contribution is 6.33. The van der Waals surface area contributed by atoms with E-state index in [1.54, 1.807) is 0 Å². The van der Waals surface area contributed by atoms with Crippen LogP contribution in [0.2, 0.25) is 5.02 Å². The zero-order valence-corrected chi connectivity index (χ0v) is 28.3. The van der Waals surface area contributed by atoms with Crippen molar-refractivity contribution in [2.75, 3.05) is 6.61 Å². The first-order valence-corrected chi connectivity index (χ1v) is 16.8. The predicted molar refractivity (Wildman–Crippen MR) is 192 cm³/mol. The summed E-state index contributed by atoms with van der Waals surface area (Å²) in [6.45, 7) is 5.27. The van der Waals surface area contributed by atoms with Crippen molar-refractivity contribution >= 4 is 17.9 Å². The van der Waals surface area contributed by atoms with Crippen molar-refractivity contribution in [1.82, 2.24) is 0 Å². The first-order chi connectivity index (χ1) is 24.4. The van der Waals surface area contributed by atoms with Crippen LogP contribution in [-0.2, 0) is 51.2 Å². The normalized spacial score (nSPS) is 20.4. The van der Waals surface area contributed by atoms with Gasteiger partial charge in [0.1, 0.15) is 30.7 Å². The molecule has 50 heavy (non-hydrogen) atoms. The Morgan fingerprint density at radius 3 is 1.76 bits per heavy atom.